The van der Waals surface area contributed by atoms with Crippen molar-refractivity contribution in [3.8, 4) is 0 Å². The molecular weight excluding hydrogens is 425 g/mol. The summed E-state index contributed by atoms with van der Waals surface area (Å²) in [5.41, 5.74) is 6.97. The largest absolute Gasteiger partial charge is 0.379 e. The van der Waals surface area contributed by atoms with Gasteiger partial charge in [0.15, 0.2) is 5.96 Å². The van der Waals surface area contributed by atoms with E-state index < -0.39 is 0 Å². The molecule has 0 unspecified atom stereocenters. The molecule has 0 aliphatic carbocycles. The van der Waals surface area contributed by atoms with Gasteiger partial charge in [-0.2, -0.15) is 0 Å². The maximum atomic E-state index is 5.87. The fourth-order valence-electron chi connectivity index (χ4n) is 2.35. The Bertz CT molecular complexity index is 462. The lowest BCUT2D eigenvalue weighted by Crippen LogP contribution is -2.39. The third-order valence-corrected chi connectivity index (χ3v) is 4.58. The van der Waals surface area contributed by atoms with E-state index in [4.69, 9.17) is 10.5 Å². The van der Waals surface area contributed by atoms with E-state index in [1.54, 1.807) is 11.3 Å². The molecule has 6 nitrogen and oxygen atoms in total. The molecule has 0 spiro atoms. The lowest BCUT2D eigenvalue weighted by molar-refractivity contribution is 0.0376. The standard InChI is InChI=1S/C15H27N5OS.HI/c1-13-12-22-14(19-13)4-2-5-17-15(16)18-6-3-7-20-8-10-21-11-9-20;/h12H,2-11H2,1H3,(H3,16,17,18);1H. The fourth-order valence-corrected chi connectivity index (χ4v) is 3.17. The summed E-state index contributed by atoms with van der Waals surface area (Å²) >= 11 is 1.72. The number of thiazole rings is 1. The summed E-state index contributed by atoms with van der Waals surface area (Å²) < 4.78 is 5.33. The van der Waals surface area contributed by atoms with Crippen molar-refractivity contribution in [2.75, 3.05) is 45.9 Å². The van der Waals surface area contributed by atoms with Crippen molar-refractivity contribution in [1.29, 1.82) is 0 Å². The number of nitrogens with one attached hydrogen (secondary N) is 1. The Morgan fingerprint density at radius 2 is 2.22 bits per heavy atom. The first-order valence-electron chi connectivity index (χ1n) is 7.99. The van der Waals surface area contributed by atoms with Crippen LogP contribution in [0, 0.1) is 6.92 Å². The molecular formula is C15H28IN5OS. The molecule has 23 heavy (non-hydrogen) atoms. The number of nitrogens with zero attached hydrogens (tertiary/aromatic N) is 3. The van der Waals surface area contributed by atoms with Gasteiger partial charge >= 0.3 is 0 Å². The minimum atomic E-state index is 0. The van der Waals surface area contributed by atoms with Gasteiger partial charge in [-0.1, -0.05) is 0 Å². The molecule has 1 fully saturated rings. The molecule has 1 aliphatic heterocycles. The highest BCUT2D eigenvalue weighted by atomic mass is 127. The van der Waals surface area contributed by atoms with Gasteiger partial charge in [-0.15, -0.1) is 35.3 Å². The van der Waals surface area contributed by atoms with Crippen LogP contribution >= 0.6 is 35.3 Å². The van der Waals surface area contributed by atoms with E-state index in [0.29, 0.717) is 5.96 Å². The highest BCUT2D eigenvalue weighted by Crippen LogP contribution is 2.10. The molecule has 0 aromatic carbocycles. The summed E-state index contributed by atoms with van der Waals surface area (Å²) in [6.07, 6.45) is 3.05. The van der Waals surface area contributed by atoms with E-state index in [0.717, 1.165) is 70.9 Å². The summed E-state index contributed by atoms with van der Waals surface area (Å²) in [6, 6.07) is 0. The molecule has 0 saturated carbocycles. The van der Waals surface area contributed by atoms with Crippen LogP contribution in [0.3, 0.4) is 0 Å². The molecule has 8 heteroatoms. The van der Waals surface area contributed by atoms with Gasteiger partial charge in [0, 0.05) is 43.7 Å². The second kappa shape index (κ2) is 12.0. The Morgan fingerprint density at radius 3 is 2.91 bits per heavy atom. The van der Waals surface area contributed by atoms with Gasteiger partial charge in [-0.05, 0) is 26.3 Å². The van der Waals surface area contributed by atoms with Gasteiger partial charge in [0.25, 0.3) is 0 Å². The molecule has 132 valence electrons. The number of hydrogen-bond donors (Lipinski definition) is 2. The molecule has 3 N–H and O–H groups in total. The van der Waals surface area contributed by atoms with Crippen LogP contribution in [-0.2, 0) is 11.2 Å². The maximum absolute atomic E-state index is 5.87. The molecule has 1 saturated heterocycles. The minimum absolute atomic E-state index is 0. The topological polar surface area (TPSA) is 75.8 Å². The number of hydrogen-bond acceptors (Lipinski definition) is 5. The Balaban J connectivity index is 0.00000264. The number of guanidine groups is 1. The van der Waals surface area contributed by atoms with Crippen molar-refractivity contribution in [3.63, 3.8) is 0 Å². The van der Waals surface area contributed by atoms with Crippen molar-refractivity contribution in [3.05, 3.63) is 16.1 Å². The van der Waals surface area contributed by atoms with Crippen molar-refractivity contribution >= 4 is 41.3 Å². The van der Waals surface area contributed by atoms with Crippen LogP contribution in [0.15, 0.2) is 10.4 Å². The van der Waals surface area contributed by atoms with Gasteiger partial charge in [-0.3, -0.25) is 9.89 Å². The van der Waals surface area contributed by atoms with E-state index in [-0.39, 0.29) is 24.0 Å². The van der Waals surface area contributed by atoms with Crippen molar-refractivity contribution in [1.82, 2.24) is 15.2 Å². The second-order valence-corrected chi connectivity index (χ2v) is 6.43. The number of nitrogens with two attached hydrogens (primary N) is 1. The summed E-state index contributed by atoms with van der Waals surface area (Å²) in [4.78, 5) is 11.2. The zero-order chi connectivity index (χ0) is 15.6. The Hall–Kier alpha value is -0.450. The Kier molecular flexibility index (Phi) is 10.7. The van der Waals surface area contributed by atoms with Crippen LogP contribution in [0.25, 0.3) is 0 Å². The first-order valence-corrected chi connectivity index (χ1v) is 8.87. The highest BCUT2D eigenvalue weighted by molar-refractivity contribution is 14.0. The predicted molar refractivity (Wildman–Crippen MR) is 107 cm³/mol. The number of rotatable bonds is 8. The lowest BCUT2D eigenvalue weighted by atomic mass is 10.3. The van der Waals surface area contributed by atoms with Crippen LogP contribution in [-0.4, -0.2) is 61.8 Å². The van der Waals surface area contributed by atoms with Gasteiger partial charge in [-0.25, -0.2) is 4.98 Å². The smallest absolute Gasteiger partial charge is 0.188 e. The van der Waals surface area contributed by atoms with E-state index in [1.807, 2.05) is 6.92 Å². The summed E-state index contributed by atoms with van der Waals surface area (Å²) in [6.45, 7) is 8.54. The second-order valence-electron chi connectivity index (χ2n) is 5.49. The van der Waals surface area contributed by atoms with Crippen molar-refractivity contribution in [2.45, 2.75) is 26.2 Å². The molecule has 0 bridgehead atoms. The Morgan fingerprint density at radius 1 is 1.43 bits per heavy atom. The van der Waals surface area contributed by atoms with E-state index >= 15 is 0 Å². The number of aliphatic imine (C=N–C) groups is 1. The first-order chi connectivity index (χ1) is 10.7. The SMILES string of the molecule is Cc1csc(CCCN=C(N)NCCCN2CCOCC2)n1.I. The van der Waals surface area contributed by atoms with E-state index in [1.165, 1.54) is 5.01 Å². The molecule has 1 aromatic heterocycles. The minimum Gasteiger partial charge on any atom is -0.379 e. The van der Waals surface area contributed by atoms with Crippen molar-refractivity contribution < 1.29 is 4.74 Å². The summed E-state index contributed by atoms with van der Waals surface area (Å²) in [5.74, 6) is 0.553. The predicted octanol–water partition coefficient (Wildman–Crippen LogP) is 1.63. The molecule has 1 aromatic rings. The number of morpholine rings is 1. The van der Waals surface area contributed by atoms with Crippen LogP contribution < -0.4 is 11.1 Å². The third kappa shape index (κ3) is 8.83. The molecule has 0 atom stereocenters. The lowest BCUT2D eigenvalue weighted by Gasteiger charge is -2.26. The van der Waals surface area contributed by atoms with Crippen LogP contribution in [0.1, 0.15) is 23.5 Å². The molecule has 0 amide bonds. The molecule has 1 aliphatic rings. The van der Waals surface area contributed by atoms with Crippen molar-refractivity contribution in [2.24, 2.45) is 10.7 Å². The normalized spacial score (nSPS) is 16.1. The monoisotopic (exact) mass is 453 g/mol. The first kappa shape index (κ1) is 20.6. The quantitative estimate of drug-likeness (QED) is 0.271. The van der Waals surface area contributed by atoms with Crippen LogP contribution in [0.2, 0.25) is 0 Å². The third-order valence-electron chi connectivity index (χ3n) is 3.56. The van der Waals surface area contributed by atoms with Crippen LogP contribution in [0.5, 0.6) is 0 Å². The average Bonchev–Trinajstić information content (AvgIpc) is 2.95. The number of aromatic nitrogens is 1. The maximum Gasteiger partial charge on any atom is 0.188 e. The van der Waals surface area contributed by atoms with Gasteiger partial charge in [0.2, 0.25) is 0 Å². The molecule has 0 radical (unpaired) electrons. The number of halogens is 1. The van der Waals surface area contributed by atoms with Crippen LogP contribution in [0.4, 0.5) is 0 Å². The van der Waals surface area contributed by atoms with Gasteiger partial charge < -0.3 is 15.8 Å². The number of aryl methyl sites for hydroxylation is 2. The molecule has 2 heterocycles. The molecule has 2 rings (SSSR count). The average molecular weight is 453 g/mol. The Labute approximate surface area is 159 Å². The zero-order valence-corrected chi connectivity index (χ0v) is 16.9. The fraction of sp³-hybridized carbons (Fsp3) is 0.733. The van der Waals surface area contributed by atoms with E-state index in [2.05, 4.69) is 25.6 Å². The summed E-state index contributed by atoms with van der Waals surface area (Å²) in [5, 5.41) is 6.45. The van der Waals surface area contributed by atoms with Gasteiger partial charge in [0.1, 0.15) is 0 Å². The number of ether oxygens (including phenoxy) is 1. The van der Waals surface area contributed by atoms with E-state index in [9.17, 15) is 0 Å². The zero-order valence-electron chi connectivity index (χ0n) is 13.8. The van der Waals surface area contributed by atoms with Gasteiger partial charge in [0.05, 0.1) is 18.2 Å². The highest BCUT2D eigenvalue weighted by Gasteiger charge is 2.08. The summed E-state index contributed by atoms with van der Waals surface area (Å²) in [7, 11) is 0.